The molecular formula is C12H15NO. The van der Waals surface area contributed by atoms with Crippen molar-refractivity contribution in [2.75, 3.05) is 13.2 Å². The van der Waals surface area contributed by atoms with Gasteiger partial charge in [-0.25, -0.2) is 0 Å². The Labute approximate surface area is 84.4 Å². The summed E-state index contributed by atoms with van der Waals surface area (Å²) >= 11 is 0. The van der Waals surface area contributed by atoms with Gasteiger partial charge in [-0.2, -0.15) is 0 Å². The lowest BCUT2D eigenvalue weighted by Crippen LogP contribution is -2.08. The van der Waals surface area contributed by atoms with Crippen molar-refractivity contribution in [3.8, 4) is 5.75 Å². The minimum absolute atomic E-state index is 0.719. The number of benzene rings is 1. The topological polar surface area (TPSA) is 35.2 Å². The standard InChI is InChI=1S/C12H15NO/c13-7-3-4-10-8-11-5-1-2-6-12(11)14-9-10/h1-2,5-6,8H,3-4,7,9,13H2. The molecule has 1 aromatic rings. The van der Waals surface area contributed by atoms with Gasteiger partial charge >= 0.3 is 0 Å². The molecule has 2 heteroatoms. The molecule has 1 heterocycles. The normalized spacial score (nSPS) is 14.2. The summed E-state index contributed by atoms with van der Waals surface area (Å²) in [6.45, 7) is 1.47. The molecule has 0 bridgehead atoms. The van der Waals surface area contributed by atoms with Gasteiger partial charge in [0.2, 0.25) is 0 Å². The molecule has 1 aliphatic heterocycles. The highest BCUT2D eigenvalue weighted by Crippen LogP contribution is 2.26. The Morgan fingerprint density at radius 1 is 1.29 bits per heavy atom. The van der Waals surface area contributed by atoms with Crippen LogP contribution in [0.25, 0.3) is 6.08 Å². The van der Waals surface area contributed by atoms with Crippen molar-refractivity contribution in [1.29, 1.82) is 0 Å². The van der Waals surface area contributed by atoms with Crippen LogP contribution in [0.4, 0.5) is 0 Å². The fourth-order valence-corrected chi connectivity index (χ4v) is 1.64. The van der Waals surface area contributed by atoms with Crippen LogP contribution in [0, 0.1) is 0 Å². The number of hydrogen-bond acceptors (Lipinski definition) is 2. The maximum absolute atomic E-state index is 5.62. The van der Waals surface area contributed by atoms with Crippen LogP contribution in [0.1, 0.15) is 18.4 Å². The lowest BCUT2D eigenvalue weighted by Gasteiger charge is -2.17. The van der Waals surface area contributed by atoms with Crippen LogP contribution in [-0.2, 0) is 0 Å². The first kappa shape index (κ1) is 9.28. The predicted molar refractivity (Wildman–Crippen MR) is 58.2 cm³/mol. The molecule has 0 amide bonds. The second-order valence-corrected chi connectivity index (χ2v) is 3.52. The van der Waals surface area contributed by atoms with E-state index in [2.05, 4.69) is 12.1 Å². The van der Waals surface area contributed by atoms with Crippen LogP contribution in [0.2, 0.25) is 0 Å². The number of fused-ring (bicyclic) bond motifs is 1. The zero-order chi connectivity index (χ0) is 9.80. The maximum Gasteiger partial charge on any atom is 0.127 e. The summed E-state index contributed by atoms with van der Waals surface area (Å²) in [5.74, 6) is 0.990. The third-order valence-electron chi connectivity index (χ3n) is 2.39. The molecule has 0 unspecified atom stereocenters. The highest BCUT2D eigenvalue weighted by molar-refractivity contribution is 5.61. The van der Waals surface area contributed by atoms with Gasteiger partial charge in [-0.15, -0.1) is 0 Å². The highest BCUT2D eigenvalue weighted by atomic mass is 16.5. The first-order valence-corrected chi connectivity index (χ1v) is 5.01. The molecule has 14 heavy (non-hydrogen) atoms. The summed E-state index contributed by atoms with van der Waals surface area (Å²) in [6.07, 6.45) is 4.30. The summed E-state index contributed by atoms with van der Waals surface area (Å²) in [6, 6.07) is 8.12. The summed E-state index contributed by atoms with van der Waals surface area (Å²) in [7, 11) is 0. The van der Waals surface area contributed by atoms with Gasteiger partial charge in [0.25, 0.3) is 0 Å². The molecule has 0 aliphatic carbocycles. The predicted octanol–water partition coefficient (Wildman–Crippen LogP) is 2.20. The molecule has 0 spiro atoms. The van der Waals surface area contributed by atoms with Gasteiger partial charge in [-0.05, 0) is 37.1 Å². The Bertz CT molecular complexity index is 344. The van der Waals surface area contributed by atoms with Crippen LogP contribution in [0.15, 0.2) is 29.8 Å². The molecule has 2 N–H and O–H groups in total. The molecule has 0 radical (unpaired) electrons. The number of rotatable bonds is 3. The molecule has 74 valence electrons. The quantitative estimate of drug-likeness (QED) is 0.791. The summed E-state index contributed by atoms with van der Waals surface area (Å²) < 4.78 is 5.62. The largest absolute Gasteiger partial charge is 0.489 e. The van der Waals surface area contributed by atoms with Gasteiger partial charge in [0.15, 0.2) is 0 Å². The van der Waals surface area contributed by atoms with E-state index in [0.717, 1.165) is 31.7 Å². The summed E-state index contributed by atoms with van der Waals surface area (Å²) in [4.78, 5) is 0. The van der Waals surface area contributed by atoms with E-state index >= 15 is 0 Å². The third kappa shape index (κ3) is 1.96. The van der Waals surface area contributed by atoms with Crippen molar-refractivity contribution >= 4 is 6.08 Å². The van der Waals surface area contributed by atoms with Crippen molar-refractivity contribution in [2.24, 2.45) is 5.73 Å². The van der Waals surface area contributed by atoms with Crippen LogP contribution < -0.4 is 10.5 Å². The zero-order valence-electron chi connectivity index (χ0n) is 8.20. The number of para-hydroxylation sites is 1. The summed E-state index contributed by atoms with van der Waals surface area (Å²) in [5.41, 5.74) is 8.00. The van der Waals surface area contributed by atoms with Crippen LogP contribution in [0.5, 0.6) is 5.75 Å². The van der Waals surface area contributed by atoms with Gasteiger partial charge in [0, 0.05) is 5.56 Å². The van der Waals surface area contributed by atoms with Crippen LogP contribution >= 0.6 is 0 Å². The van der Waals surface area contributed by atoms with E-state index in [1.165, 1.54) is 11.1 Å². The van der Waals surface area contributed by atoms with Crippen molar-refractivity contribution in [3.05, 3.63) is 35.4 Å². The fourth-order valence-electron chi connectivity index (χ4n) is 1.64. The third-order valence-corrected chi connectivity index (χ3v) is 2.39. The van der Waals surface area contributed by atoms with Crippen molar-refractivity contribution in [3.63, 3.8) is 0 Å². The van der Waals surface area contributed by atoms with Crippen molar-refractivity contribution in [1.82, 2.24) is 0 Å². The molecule has 1 aliphatic rings. The first-order chi connectivity index (χ1) is 6.90. The summed E-state index contributed by atoms with van der Waals surface area (Å²) in [5, 5.41) is 0. The van der Waals surface area contributed by atoms with Gasteiger partial charge in [0.1, 0.15) is 12.4 Å². The van der Waals surface area contributed by atoms with Gasteiger partial charge in [-0.3, -0.25) is 0 Å². The van der Waals surface area contributed by atoms with Crippen LogP contribution in [0.3, 0.4) is 0 Å². The van der Waals surface area contributed by atoms with E-state index in [1.54, 1.807) is 0 Å². The molecule has 0 fully saturated rings. The molecule has 2 rings (SSSR count). The average Bonchev–Trinajstić information content (AvgIpc) is 2.26. The van der Waals surface area contributed by atoms with Crippen LogP contribution in [-0.4, -0.2) is 13.2 Å². The van der Waals surface area contributed by atoms with E-state index < -0.39 is 0 Å². The fraction of sp³-hybridized carbons (Fsp3) is 0.333. The Morgan fingerprint density at radius 3 is 3.00 bits per heavy atom. The lowest BCUT2D eigenvalue weighted by molar-refractivity contribution is 0.342. The number of hydrogen-bond donors (Lipinski definition) is 1. The Balaban J connectivity index is 2.14. The Kier molecular flexibility index (Phi) is 2.84. The van der Waals surface area contributed by atoms with E-state index in [4.69, 9.17) is 10.5 Å². The monoisotopic (exact) mass is 189 g/mol. The minimum atomic E-state index is 0.719. The van der Waals surface area contributed by atoms with E-state index in [-0.39, 0.29) is 0 Å². The van der Waals surface area contributed by atoms with E-state index in [0.29, 0.717) is 0 Å². The molecule has 0 aromatic heterocycles. The van der Waals surface area contributed by atoms with Gasteiger partial charge in [0.05, 0.1) is 0 Å². The molecule has 0 atom stereocenters. The Hall–Kier alpha value is -1.28. The van der Waals surface area contributed by atoms with Gasteiger partial charge < -0.3 is 10.5 Å². The molecule has 0 saturated carbocycles. The SMILES string of the molecule is NCCCC1=Cc2ccccc2OC1. The first-order valence-electron chi connectivity index (χ1n) is 5.01. The molecule has 2 nitrogen and oxygen atoms in total. The highest BCUT2D eigenvalue weighted by Gasteiger charge is 2.09. The molecule has 1 aromatic carbocycles. The molecular weight excluding hydrogens is 174 g/mol. The minimum Gasteiger partial charge on any atom is -0.489 e. The van der Waals surface area contributed by atoms with Crippen molar-refractivity contribution < 1.29 is 4.74 Å². The second-order valence-electron chi connectivity index (χ2n) is 3.52. The number of ether oxygens (including phenoxy) is 1. The smallest absolute Gasteiger partial charge is 0.127 e. The van der Waals surface area contributed by atoms with E-state index in [1.807, 2.05) is 18.2 Å². The maximum atomic E-state index is 5.62. The van der Waals surface area contributed by atoms with Gasteiger partial charge in [-0.1, -0.05) is 18.2 Å². The lowest BCUT2D eigenvalue weighted by atomic mass is 10.0. The van der Waals surface area contributed by atoms with Crippen molar-refractivity contribution in [2.45, 2.75) is 12.8 Å². The average molecular weight is 189 g/mol. The molecule has 0 saturated heterocycles. The van der Waals surface area contributed by atoms with E-state index in [9.17, 15) is 0 Å². The number of nitrogens with two attached hydrogens (primary N) is 1. The zero-order valence-corrected chi connectivity index (χ0v) is 8.20. The second kappa shape index (κ2) is 4.29. The Morgan fingerprint density at radius 2 is 2.14 bits per heavy atom.